The molecule has 0 atom stereocenters. The molecule has 4 nitrogen and oxygen atoms in total. The lowest BCUT2D eigenvalue weighted by atomic mass is 10.1. The van der Waals surface area contributed by atoms with Crippen LogP contribution in [0.2, 0.25) is 0 Å². The van der Waals surface area contributed by atoms with Crippen molar-refractivity contribution in [3.05, 3.63) is 35.4 Å². The first-order valence-electron chi connectivity index (χ1n) is 5.48. The Bertz CT molecular complexity index is 435. The van der Waals surface area contributed by atoms with Crippen LogP contribution < -0.4 is 0 Å². The summed E-state index contributed by atoms with van der Waals surface area (Å²) in [6.45, 7) is 4.46. The highest BCUT2D eigenvalue weighted by molar-refractivity contribution is 5.69. The van der Waals surface area contributed by atoms with Gasteiger partial charge in [-0.25, -0.2) is 0 Å². The standard InChI is InChI=1S/C13H16N2O2/c1-10(2)15(9-13(16)17)8-12-5-3-4-11(6-12)7-14/h3-6,10H,8-9H2,1-2H3,(H,16,17). The molecule has 0 saturated heterocycles. The fraction of sp³-hybridized carbons (Fsp3) is 0.385. The predicted octanol–water partition coefficient (Wildman–Crippen LogP) is 1.85. The Morgan fingerprint density at radius 3 is 2.76 bits per heavy atom. The molecule has 0 fully saturated rings. The Balaban J connectivity index is 2.79. The first kappa shape index (κ1) is 13.2. The zero-order chi connectivity index (χ0) is 12.8. The van der Waals surface area contributed by atoms with Crippen molar-refractivity contribution in [1.82, 2.24) is 4.90 Å². The van der Waals surface area contributed by atoms with Gasteiger partial charge in [-0.3, -0.25) is 9.69 Å². The predicted molar refractivity (Wildman–Crippen MR) is 64.3 cm³/mol. The van der Waals surface area contributed by atoms with Crippen LogP contribution in [0.15, 0.2) is 24.3 Å². The Morgan fingerprint density at radius 2 is 2.24 bits per heavy atom. The number of carboxylic acids is 1. The van der Waals surface area contributed by atoms with Gasteiger partial charge in [0, 0.05) is 12.6 Å². The summed E-state index contributed by atoms with van der Waals surface area (Å²) >= 11 is 0. The fourth-order valence-electron chi connectivity index (χ4n) is 1.57. The van der Waals surface area contributed by atoms with E-state index in [2.05, 4.69) is 6.07 Å². The van der Waals surface area contributed by atoms with Crippen LogP contribution in [0.4, 0.5) is 0 Å². The van der Waals surface area contributed by atoms with Crippen molar-refractivity contribution < 1.29 is 9.90 Å². The van der Waals surface area contributed by atoms with Crippen molar-refractivity contribution in [3.8, 4) is 6.07 Å². The molecule has 0 spiro atoms. The van der Waals surface area contributed by atoms with Gasteiger partial charge in [0.05, 0.1) is 18.2 Å². The summed E-state index contributed by atoms with van der Waals surface area (Å²) < 4.78 is 0. The van der Waals surface area contributed by atoms with Gasteiger partial charge in [-0.1, -0.05) is 12.1 Å². The van der Waals surface area contributed by atoms with Crippen molar-refractivity contribution in [3.63, 3.8) is 0 Å². The number of benzene rings is 1. The minimum absolute atomic E-state index is 0.00838. The average Bonchev–Trinajstić information content (AvgIpc) is 2.27. The third-order valence-corrected chi connectivity index (χ3v) is 2.51. The fourth-order valence-corrected chi connectivity index (χ4v) is 1.57. The molecule has 1 rings (SSSR count). The number of hydrogen-bond acceptors (Lipinski definition) is 3. The van der Waals surface area contributed by atoms with Crippen LogP contribution in [0, 0.1) is 11.3 Å². The third kappa shape index (κ3) is 4.25. The van der Waals surface area contributed by atoms with Crippen molar-refractivity contribution in [1.29, 1.82) is 5.26 Å². The number of carboxylic acid groups (broad SMARTS) is 1. The van der Waals surface area contributed by atoms with Crippen molar-refractivity contribution in [2.45, 2.75) is 26.4 Å². The first-order chi connectivity index (χ1) is 8.02. The monoisotopic (exact) mass is 232 g/mol. The number of nitrogens with zero attached hydrogens (tertiary/aromatic N) is 2. The summed E-state index contributed by atoms with van der Waals surface area (Å²) in [5.41, 5.74) is 1.56. The maximum absolute atomic E-state index is 10.7. The first-order valence-corrected chi connectivity index (χ1v) is 5.48. The summed E-state index contributed by atoms with van der Waals surface area (Å²) in [6, 6.07) is 9.46. The Morgan fingerprint density at radius 1 is 1.53 bits per heavy atom. The van der Waals surface area contributed by atoms with Gasteiger partial charge in [0.1, 0.15) is 0 Å². The maximum atomic E-state index is 10.7. The Kier molecular flexibility index (Phi) is 4.68. The summed E-state index contributed by atoms with van der Waals surface area (Å²) in [7, 11) is 0. The van der Waals surface area contributed by atoms with Crippen LogP contribution in [0.5, 0.6) is 0 Å². The van der Waals surface area contributed by atoms with Gasteiger partial charge in [-0.15, -0.1) is 0 Å². The topological polar surface area (TPSA) is 64.3 Å². The molecule has 0 aliphatic carbocycles. The molecule has 1 aromatic rings. The zero-order valence-corrected chi connectivity index (χ0v) is 10.1. The molecule has 1 aromatic carbocycles. The van der Waals surface area contributed by atoms with E-state index in [1.807, 2.05) is 30.9 Å². The normalized spacial score (nSPS) is 10.5. The zero-order valence-electron chi connectivity index (χ0n) is 10.1. The molecule has 0 bridgehead atoms. The van der Waals surface area contributed by atoms with Gasteiger partial charge in [0.15, 0.2) is 0 Å². The lowest BCUT2D eigenvalue weighted by Crippen LogP contribution is -2.35. The van der Waals surface area contributed by atoms with Gasteiger partial charge in [-0.05, 0) is 31.5 Å². The van der Waals surface area contributed by atoms with E-state index >= 15 is 0 Å². The molecule has 0 aromatic heterocycles. The molecule has 4 heteroatoms. The second-order valence-electron chi connectivity index (χ2n) is 4.20. The lowest BCUT2D eigenvalue weighted by molar-refractivity contribution is -0.138. The molecule has 0 heterocycles. The van der Waals surface area contributed by atoms with Gasteiger partial charge in [-0.2, -0.15) is 5.26 Å². The largest absolute Gasteiger partial charge is 0.480 e. The molecule has 0 aliphatic heterocycles. The van der Waals surface area contributed by atoms with E-state index in [0.29, 0.717) is 12.1 Å². The van der Waals surface area contributed by atoms with E-state index in [0.717, 1.165) is 5.56 Å². The SMILES string of the molecule is CC(C)N(CC(=O)O)Cc1cccc(C#N)c1. The van der Waals surface area contributed by atoms with Gasteiger partial charge < -0.3 is 5.11 Å². The molecule has 0 radical (unpaired) electrons. The van der Waals surface area contributed by atoms with E-state index in [9.17, 15) is 4.79 Å². The van der Waals surface area contributed by atoms with E-state index in [-0.39, 0.29) is 12.6 Å². The van der Waals surface area contributed by atoms with Gasteiger partial charge in [0.2, 0.25) is 0 Å². The van der Waals surface area contributed by atoms with E-state index in [1.54, 1.807) is 12.1 Å². The highest BCUT2D eigenvalue weighted by Crippen LogP contribution is 2.10. The highest BCUT2D eigenvalue weighted by atomic mass is 16.4. The van der Waals surface area contributed by atoms with E-state index in [1.165, 1.54) is 0 Å². The molecular weight excluding hydrogens is 216 g/mol. The Hall–Kier alpha value is -1.86. The van der Waals surface area contributed by atoms with Crippen molar-refractivity contribution in [2.75, 3.05) is 6.54 Å². The van der Waals surface area contributed by atoms with E-state index in [4.69, 9.17) is 10.4 Å². The lowest BCUT2D eigenvalue weighted by Gasteiger charge is -2.24. The summed E-state index contributed by atoms with van der Waals surface area (Å²) in [5, 5.41) is 17.6. The number of carbonyl (C=O) groups is 1. The molecular formula is C13H16N2O2. The minimum Gasteiger partial charge on any atom is -0.480 e. The van der Waals surface area contributed by atoms with Gasteiger partial charge >= 0.3 is 5.97 Å². The van der Waals surface area contributed by atoms with Gasteiger partial charge in [0.25, 0.3) is 0 Å². The van der Waals surface area contributed by atoms with Crippen LogP contribution in [0.1, 0.15) is 25.0 Å². The molecule has 0 saturated carbocycles. The van der Waals surface area contributed by atoms with Crippen LogP contribution in [0.3, 0.4) is 0 Å². The summed E-state index contributed by atoms with van der Waals surface area (Å²) in [4.78, 5) is 12.6. The maximum Gasteiger partial charge on any atom is 0.317 e. The van der Waals surface area contributed by atoms with Crippen LogP contribution in [0.25, 0.3) is 0 Å². The molecule has 17 heavy (non-hydrogen) atoms. The van der Waals surface area contributed by atoms with Crippen molar-refractivity contribution in [2.24, 2.45) is 0 Å². The van der Waals surface area contributed by atoms with Crippen molar-refractivity contribution >= 4 is 5.97 Å². The van der Waals surface area contributed by atoms with Crippen LogP contribution in [-0.2, 0) is 11.3 Å². The van der Waals surface area contributed by atoms with Crippen LogP contribution in [-0.4, -0.2) is 28.6 Å². The van der Waals surface area contributed by atoms with E-state index < -0.39 is 5.97 Å². The second kappa shape index (κ2) is 6.02. The molecule has 0 unspecified atom stereocenters. The third-order valence-electron chi connectivity index (χ3n) is 2.51. The minimum atomic E-state index is -0.838. The Labute approximate surface area is 101 Å². The quantitative estimate of drug-likeness (QED) is 0.841. The smallest absolute Gasteiger partial charge is 0.317 e. The summed E-state index contributed by atoms with van der Waals surface area (Å²) in [6.07, 6.45) is 0. The number of hydrogen-bond donors (Lipinski definition) is 1. The second-order valence-corrected chi connectivity index (χ2v) is 4.20. The molecule has 0 amide bonds. The molecule has 0 aliphatic rings. The summed E-state index contributed by atoms with van der Waals surface area (Å²) in [5.74, 6) is -0.838. The van der Waals surface area contributed by atoms with Crippen LogP contribution >= 0.6 is 0 Å². The number of nitriles is 1. The number of aliphatic carboxylic acids is 1. The number of rotatable bonds is 5. The highest BCUT2D eigenvalue weighted by Gasteiger charge is 2.13. The molecule has 1 N–H and O–H groups in total. The average molecular weight is 232 g/mol. The molecule has 90 valence electrons.